The van der Waals surface area contributed by atoms with Crippen molar-refractivity contribution in [3.05, 3.63) is 57.2 Å². The van der Waals surface area contributed by atoms with E-state index < -0.39 is 0 Å². The fourth-order valence-electron chi connectivity index (χ4n) is 1.80. The summed E-state index contributed by atoms with van der Waals surface area (Å²) in [6.45, 7) is 0. The lowest BCUT2D eigenvalue weighted by Crippen LogP contribution is -1.88. The Morgan fingerprint density at radius 2 is 2.00 bits per heavy atom. The fraction of sp³-hybridized carbons (Fsp3) is 0.0625. The van der Waals surface area contributed by atoms with Crippen LogP contribution in [-0.4, -0.2) is 12.2 Å². The van der Waals surface area contributed by atoms with E-state index in [1.165, 1.54) is 7.11 Å². The van der Waals surface area contributed by atoms with Crippen molar-refractivity contribution in [3.8, 4) is 17.6 Å². The number of ether oxygens (including phenoxy) is 1. The highest BCUT2D eigenvalue weighted by molar-refractivity contribution is 14.1. The molecule has 100 valence electrons. The van der Waals surface area contributed by atoms with Gasteiger partial charge in [-0.05, 0) is 51.9 Å². The summed E-state index contributed by atoms with van der Waals surface area (Å²) in [5, 5.41) is 19.1. The minimum Gasteiger partial charge on any atom is -0.504 e. The molecule has 0 amide bonds. The molecule has 0 saturated carbocycles. The van der Waals surface area contributed by atoms with E-state index in [9.17, 15) is 10.4 Å². The molecule has 0 fully saturated rings. The lowest BCUT2D eigenvalue weighted by Gasteiger charge is -2.07. The van der Waals surface area contributed by atoms with Crippen molar-refractivity contribution in [3.63, 3.8) is 0 Å². The molecule has 1 N–H and O–H groups in total. The third kappa shape index (κ3) is 3.11. The zero-order valence-electron chi connectivity index (χ0n) is 10.8. The van der Waals surface area contributed by atoms with Gasteiger partial charge in [0.25, 0.3) is 0 Å². The maximum absolute atomic E-state index is 9.81. The second-order valence-corrected chi connectivity index (χ2v) is 5.25. The predicted molar refractivity (Wildman–Crippen MR) is 87.3 cm³/mol. The topological polar surface area (TPSA) is 53.2 Å². The van der Waals surface area contributed by atoms with E-state index >= 15 is 0 Å². The summed E-state index contributed by atoms with van der Waals surface area (Å²) in [5.41, 5.74) is 2.23. The van der Waals surface area contributed by atoms with Gasteiger partial charge in [0.2, 0.25) is 0 Å². The van der Waals surface area contributed by atoms with Crippen molar-refractivity contribution in [1.82, 2.24) is 0 Å². The second kappa shape index (κ2) is 6.44. The predicted octanol–water partition coefficient (Wildman–Crippen LogP) is 4.07. The molecule has 0 aliphatic heterocycles. The quantitative estimate of drug-likeness (QED) is 0.499. The monoisotopic (exact) mass is 377 g/mol. The lowest BCUT2D eigenvalue weighted by molar-refractivity contribution is 0.371. The van der Waals surface area contributed by atoms with Crippen LogP contribution < -0.4 is 4.74 Å². The number of nitriles is 1. The molecule has 0 bridgehead atoms. The smallest absolute Gasteiger partial charge is 0.171 e. The molecule has 0 atom stereocenters. The van der Waals surface area contributed by atoms with E-state index in [1.54, 1.807) is 18.2 Å². The number of aromatic hydroxyl groups is 1. The number of phenols is 1. The Bertz CT molecular complexity index is 688. The van der Waals surface area contributed by atoms with E-state index in [0.29, 0.717) is 14.9 Å². The normalized spacial score (nSPS) is 10.9. The summed E-state index contributed by atoms with van der Waals surface area (Å²) >= 11 is 2.03. The zero-order valence-corrected chi connectivity index (χ0v) is 13.0. The molecule has 0 heterocycles. The van der Waals surface area contributed by atoms with Gasteiger partial charge in [0.15, 0.2) is 11.5 Å². The van der Waals surface area contributed by atoms with Crippen LogP contribution in [0.3, 0.4) is 0 Å². The highest BCUT2D eigenvalue weighted by atomic mass is 127. The molecule has 0 aliphatic carbocycles. The van der Waals surface area contributed by atoms with Gasteiger partial charge in [-0.2, -0.15) is 5.26 Å². The van der Waals surface area contributed by atoms with Crippen LogP contribution in [0.2, 0.25) is 0 Å². The first-order valence-electron chi connectivity index (χ1n) is 5.89. The molecule has 0 unspecified atom stereocenters. The van der Waals surface area contributed by atoms with E-state index in [-0.39, 0.29) is 5.75 Å². The van der Waals surface area contributed by atoms with E-state index in [0.717, 1.165) is 11.1 Å². The van der Waals surface area contributed by atoms with Crippen LogP contribution in [0.5, 0.6) is 11.5 Å². The van der Waals surface area contributed by atoms with Crippen molar-refractivity contribution in [2.24, 2.45) is 0 Å². The average molecular weight is 377 g/mol. The Hall–Kier alpha value is -2.00. The van der Waals surface area contributed by atoms with Crippen molar-refractivity contribution >= 4 is 34.2 Å². The van der Waals surface area contributed by atoms with Gasteiger partial charge in [0, 0.05) is 0 Å². The van der Waals surface area contributed by atoms with Crippen LogP contribution in [0.4, 0.5) is 0 Å². The number of nitrogens with zero attached hydrogens (tertiary/aromatic N) is 1. The summed E-state index contributed by atoms with van der Waals surface area (Å²) in [4.78, 5) is 0. The van der Waals surface area contributed by atoms with E-state index in [1.807, 2.05) is 52.9 Å². The molecule has 0 aromatic heterocycles. The Labute approximate surface area is 131 Å². The Kier molecular flexibility index (Phi) is 4.64. The number of hydrogen-bond donors (Lipinski definition) is 1. The molecular formula is C16H12INO2. The maximum atomic E-state index is 9.81. The minimum atomic E-state index is 0.114. The van der Waals surface area contributed by atoms with Crippen molar-refractivity contribution in [2.45, 2.75) is 0 Å². The van der Waals surface area contributed by atoms with E-state index in [2.05, 4.69) is 6.07 Å². The summed E-state index contributed by atoms with van der Waals surface area (Å²) in [6, 6.07) is 15.2. The average Bonchev–Trinajstić information content (AvgIpc) is 2.49. The molecule has 3 nitrogen and oxygen atoms in total. The standard InChI is InChI=1S/C16H12INO2/c1-20-15-9-11(8-14(17)16(15)19)7-13(10-18)12-5-3-2-4-6-12/h2-9,19H,1H3/b13-7-. The van der Waals surface area contributed by atoms with Crippen LogP contribution in [-0.2, 0) is 0 Å². The third-order valence-electron chi connectivity index (χ3n) is 2.79. The van der Waals surface area contributed by atoms with Gasteiger partial charge in [0.05, 0.1) is 22.3 Å². The Morgan fingerprint density at radius 1 is 1.30 bits per heavy atom. The number of allylic oxidation sites excluding steroid dienone is 1. The first kappa shape index (κ1) is 14.4. The van der Waals surface area contributed by atoms with Gasteiger partial charge in [-0.1, -0.05) is 30.3 Å². The molecule has 0 spiro atoms. The van der Waals surface area contributed by atoms with Crippen LogP contribution >= 0.6 is 22.6 Å². The SMILES string of the molecule is COc1cc(/C=C(/C#N)c2ccccc2)cc(I)c1O. The van der Waals surface area contributed by atoms with Gasteiger partial charge in [-0.25, -0.2) is 0 Å². The fourth-order valence-corrected chi connectivity index (χ4v) is 2.42. The van der Waals surface area contributed by atoms with Crippen LogP contribution in [0.15, 0.2) is 42.5 Å². The van der Waals surface area contributed by atoms with Crippen molar-refractivity contribution in [1.29, 1.82) is 5.26 Å². The Morgan fingerprint density at radius 3 is 2.60 bits per heavy atom. The van der Waals surface area contributed by atoms with Gasteiger partial charge >= 0.3 is 0 Å². The largest absolute Gasteiger partial charge is 0.504 e. The minimum absolute atomic E-state index is 0.114. The number of rotatable bonds is 3. The molecule has 0 radical (unpaired) electrons. The molecule has 4 heteroatoms. The number of phenolic OH excluding ortho intramolecular Hbond substituents is 1. The first-order chi connectivity index (χ1) is 9.65. The summed E-state index contributed by atoms with van der Waals surface area (Å²) < 4.78 is 5.80. The molecular weight excluding hydrogens is 365 g/mol. The Balaban J connectivity index is 2.49. The van der Waals surface area contributed by atoms with Crippen LogP contribution in [0.25, 0.3) is 11.6 Å². The van der Waals surface area contributed by atoms with Gasteiger partial charge in [-0.3, -0.25) is 0 Å². The highest BCUT2D eigenvalue weighted by Crippen LogP contribution is 2.33. The number of benzene rings is 2. The second-order valence-electron chi connectivity index (χ2n) is 4.09. The first-order valence-corrected chi connectivity index (χ1v) is 6.97. The number of halogens is 1. The number of hydrogen-bond acceptors (Lipinski definition) is 3. The summed E-state index contributed by atoms with van der Waals surface area (Å²) in [5.74, 6) is 0.511. The number of methoxy groups -OCH3 is 1. The third-order valence-corrected chi connectivity index (χ3v) is 3.61. The summed E-state index contributed by atoms with van der Waals surface area (Å²) in [7, 11) is 1.50. The van der Waals surface area contributed by atoms with Crippen LogP contribution in [0.1, 0.15) is 11.1 Å². The molecule has 2 aromatic rings. The molecule has 20 heavy (non-hydrogen) atoms. The van der Waals surface area contributed by atoms with Crippen molar-refractivity contribution < 1.29 is 9.84 Å². The highest BCUT2D eigenvalue weighted by Gasteiger charge is 2.08. The summed E-state index contributed by atoms with van der Waals surface area (Å²) in [6.07, 6.45) is 1.78. The molecule has 0 saturated heterocycles. The lowest BCUT2D eigenvalue weighted by atomic mass is 10.0. The van der Waals surface area contributed by atoms with Gasteiger partial charge in [0.1, 0.15) is 0 Å². The maximum Gasteiger partial charge on any atom is 0.171 e. The van der Waals surface area contributed by atoms with E-state index in [4.69, 9.17) is 4.74 Å². The van der Waals surface area contributed by atoms with Crippen LogP contribution in [0, 0.1) is 14.9 Å². The van der Waals surface area contributed by atoms with Crippen molar-refractivity contribution in [2.75, 3.05) is 7.11 Å². The molecule has 0 aliphatic rings. The molecule has 2 rings (SSSR count). The zero-order chi connectivity index (χ0) is 14.5. The van der Waals surface area contributed by atoms with Gasteiger partial charge in [-0.15, -0.1) is 0 Å². The van der Waals surface area contributed by atoms with Gasteiger partial charge < -0.3 is 9.84 Å². The molecule has 2 aromatic carbocycles.